The van der Waals surface area contributed by atoms with Gasteiger partial charge in [0.15, 0.2) is 0 Å². The molecule has 1 heterocycles. The van der Waals surface area contributed by atoms with Crippen molar-refractivity contribution in [3.8, 4) is 0 Å². The predicted octanol–water partition coefficient (Wildman–Crippen LogP) is 6.00. The Labute approximate surface area is 160 Å². The lowest BCUT2D eigenvalue weighted by Crippen LogP contribution is -2.35. The van der Waals surface area contributed by atoms with E-state index in [0.717, 1.165) is 24.3 Å². The lowest BCUT2D eigenvalue weighted by Gasteiger charge is -2.25. The molecule has 1 aliphatic heterocycles. The number of alkyl halides is 6. The van der Waals surface area contributed by atoms with Gasteiger partial charge >= 0.3 is 18.4 Å². The maximum absolute atomic E-state index is 13.1. The quantitative estimate of drug-likeness (QED) is 0.604. The maximum Gasteiger partial charge on any atom is 0.418 e. The highest BCUT2D eigenvalue weighted by atomic mass is 32.2. The van der Waals surface area contributed by atoms with Crippen molar-refractivity contribution in [3.05, 3.63) is 65.2 Å². The van der Waals surface area contributed by atoms with Crippen LogP contribution in [0.2, 0.25) is 0 Å². The number of anilines is 1. The summed E-state index contributed by atoms with van der Waals surface area (Å²) < 4.78 is 78.1. The second kappa shape index (κ2) is 7.57. The summed E-state index contributed by atoms with van der Waals surface area (Å²) in [6.07, 6.45) is -9.18. The van der Waals surface area contributed by atoms with Gasteiger partial charge in [-0.2, -0.15) is 26.3 Å². The highest BCUT2D eigenvalue weighted by Gasteiger charge is 2.37. The zero-order valence-corrected chi connectivity index (χ0v) is 15.0. The molecule has 2 amide bonds. The van der Waals surface area contributed by atoms with Crippen LogP contribution in [0.15, 0.2) is 48.5 Å². The van der Waals surface area contributed by atoms with Crippen LogP contribution in [0.5, 0.6) is 0 Å². The minimum atomic E-state index is -4.65. The molecule has 0 bridgehead atoms. The monoisotopic (exact) mass is 420 g/mol. The Balaban J connectivity index is 1.84. The number of urea groups is 1. The van der Waals surface area contributed by atoms with Crippen LogP contribution in [0.3, 0.4) is 0 Å². The SMILES string of the molecule is O=C(Nc1ccccc1C(F)(F)F)N1CCSC1c1cccc(C(F)(F)F)c1. The van der Waals surface area contributed by atoms with Gasteiger partial charge in [-0.25, -0.2) is 4.79 Å². The van der Waals surface area contributed by atoms with E-state index >= 15 is 0 Å². The van der Waals surface area contributed by atoms with E-state index in [4.69, 9.17) is 0 Å². The summed E-state index contributed by atoms with van der Waals surface area (Å²) in [6.45, 7) is 0.200. The third kappa shape index (κ3) is 4.37. The van der Waals surface area contributed by atoms with Crippen molar-refractivity contribution >= 4 is 23.5 Å². The minimum Gasteiger partial charge on any atom is -0.308 e. The first-order chi connectivity index (χ1) is 13.1. The second-order valence-corrected chi connectivity index (χ2v) is 7.20. The van der Waals surface area contributed by atoms with Crippen LogP contribution in [-0.2, 0) is 12.4 Å². The van der Waals surface area contributed by atoms with Gasteiger partial charge in [-0.3, -0.25) is 0 Å². The van der Waals surface area contributed by atoms with Crippen molar-refractivity contribution in [1.29, 1.82) is 0 Å². The van der Waals surface area contributed by atoms with Crippen LogP contribution in [0.1, 0.15) is 22.1 Å². The molecule has 1 N–H and O–H groups in total. The molecule has 0 spiro atoms. The van der Waals surface area contributed by atoms with Crippen molar-refractivity contribution in [2.75, 3.05) is 17.6 Å². The van der Waals surface area contributed by atoms with Crippen LogP contribution < -0.4 is 5.32 Å². The number of amides is 2. The van der Waals surface area contributed by atoms with Gasteiger partial charge in [0.25, 0.3) is 0 Å². The molecule has 0 aromatic heterocycles. The molecule has 28 heavy (non-hydrogen) atoms. The Bertz CT molecular complexity index is 868. The molecule has 3 rings (SSSR count). The van der Waals surface area contributed by atoms with E-state index in [9.17, 15) is 31.1 Å². The van der Waals surface area contributed by atoms with E-state index in [1.165, 1.54) is 40.9 Å². The summed E-state index contributed by atoms with van der Waals surface area (Å²) >= 11 is 1.25. The number of hydrogen-bond donors (Lipinski definition) is 1. The van der Waals surface area contributed by atoms with Crippen molar-refractivity contribution in [2.45, 2.75) is 17.7 Å². The van der Waals surface area contributed by atoms with Crippen molar-refractivity contribution in [1.82, 2.24) is 4.90 Å². The summed E-state index contributed by atoms with van der Waals surface area (Å²) in [7, 11) is 0. The number of hydrogen-bond acceptors (Lipinski definition) is 2. The fourth-order valence-corrected chi connectivity index (χ4v) is 4.09. The number of nitrogens with one attached hydrogen (secondary N) is 1. The normalized spacial score (nSPS) is 17.6. The van der Waals surface area contributed by atoms with Crippen molar-refractivity contribution < 1.29 is 31.1 Å². The molecule has 0 radical (unpaired) electrons. The van der Waals surface area contributed by atoms with Crippen molar-refractivity contribution in [3.63, 3.8) is 0 Å². The number of para-hydroxylation sites is 1. The van der Waals surface area contributed by atoms with E-state index in [-0.39, 0.29) is 12.1 Å². The zero-order chi connectivity index (χ0) is 20.5. The molecular weight excluding hydrogens is 406 g/mol. The van der Waals surface area contributed by atoms with E-state index in [2.05, 4.69) is 5.32 Å². The van der Waals surface area contributed by atoms with Gasteiger partial charge in [0.1, 0.15) is 5.37 Å². The molecule has 2 aromatic rings. The average molecular weight is 420 g/mol. The molecule has 1 aliphatic rings. The Morgan fingerprint density at radius 1 is 1.00 bits per heavy atom. The van der Waals surface area contributed by atoms with E-state index in [1.807, 2.05) is 0 Å². The summed E-state index contributed by atoms with van der Waals surface area (Å²) in [6, 6.07) is 8.31. The lowest BCUT2D eigenvalue weighted by atomic mass is 10.1. The molecule has 3 nitrogen and oxygen atoms in total. The molecule has 1 saturated heterocycles. The van der Waals surface area contributed by atoms with Gasteiger partial charge < -0.3 is 10.2 Å². The van der Waals surface area contributed by atoms with Gasteiger partial charge in [0.05, 0.1) is 16.8 Å². The Hall–Kier alpha value is -2.36. The van der Waals surface area contributed by atoms with Crippen LogP contribution in [-0.4, -0.2) is 23.2 Å². The molecular formula is C18H14F6N2OS. The highest BCUT2D eigenvalue weighted by Crippen LogP contribution is 2.41. The topological polar surface area (TPSA) is 32.3 Å². The highest BCUT2D eigenvalue weighted by molar-refractivity contribution is 7.99. The standard InChI is InChI=1S/C18H14F6N2OS/c19-17(20,21)12-5-3-4-11(10-12)15-26(8-9-28-15)16(27)25-14-7-2-1-6-13(14)18(22,23)24/h1-7,10,15H,8-9H2,(H,25,27). The van der Waals surface area contributed by atoms with Crippen LogP contribution in [0, 0.1) is 0 Å². The van der Waals surface area contributed by atoms with Gasteiger partial charge in [-0.15, -0.1) is 11.8 Å². The zero-order valence-electron chi connectivity index (χ0n) is 14.1. The number of carbonyl (C=O) groups excluding carboxylic acids is 1. The summed E-state index contributed by atoms with van der Waals surface area (Å²) in [5, 5.41) is 1.51. The Morgan fingerprint density at radius 3 is 2.39 bits per heavy atom. The lowest BCUT2D eigenvalue weighted by molar-refractivity contribution is -0.138. The van der Waals surface area contributed by atoms with Gasteiger partial charge in [0.2, 0.25) is 0 Å². The minimum absolute atomic E-state index is 0.200. The number of thioether (sulfide) groups is 1. The van der Waals surface area contributed by atoms with Crippen LogP contribution in [0.25, 0.3) is 0 Å². The third-order valence-electron chi connectivity index (χ3n) is 4.13. The van der Waals surface area contributed by atoms with Gasteiger partial charge in [-0.1, -0.05) is 24.3 Å². The smallest absolute Gasteiger partial charge is 0.308 e. The summed E-state index contributed by atoms with van der Waals surface area (Å²) in [5.74, 6) is 0.454. The molecule has 1 fully saturated rings. The van der Waals surface area contributed by atoms with E-state index in [0.29, 0.717) is 5.75 Å². The summed E-state index contributed by atoms with van der Waals surface area (Å²) in [5.41, 5.74) is -1.98. The number of halogens is 6. The molecule has 0 aliphatic carbocycles. The van der Waals surface area contributed by atoms with Gasteiger partial charge in [-0.05, 0) is 29.8 Å². The largest absolute Gasteiger partial charge is 0.418 e. The first-order valence-electron chi connectivity index (χ1n) is 8.10. The van der Waals surface area contributed by atoms with Gasteiger partial charge in [0, 0.05) is 12.3 Å². The predicted molar refractivity (Wildman–Crippen MR) is 93.8 cm³/mol. The average Bonchev–Trinajstić information content (AvgIpc) is 3.10. The maximum atomic E-state index is 13.1. The number of nitrogens with zero attached hydrogens (tertiary/aromatic N) is 1. The first-order valence-corrected chi connectivity index (χ1v) is 9.15. The Morgan fingerprint density at radius 2 is 1.71 bits per heavy atom. The molecule has 150 valence electrons. The molecule has 2 aromatic carbocycles. The van der Waals surface area contributed by atoms with E-state index < -0.39 is 40.6 Å². The number of carbonyl (C=O) groups is 1. The fourth-order valence-electron chi connectivity index (χ4n) is 2.85. The first kappa shape index (κ1) is 20.4. The molecule has 0 saturated carbocycles. The molecule has 1 atom stereocenters. The third-order valence-corrected chi connectivity index (χ3v) is 5.39. The van der Waals surface area contributed by atoms with Crippen LogP contribution >= 0.6 is 11.8 Å². The molecule has 1 unspecified atom stereocenters. The van der Waals surface area contributed by atoms with E-state index in [1.54, 1.807) is 0 Å². The number of rotatable bonds is 2. The second-order valence-electron chi connectivity index (χ2n) is 6.01. The Kier molecular flexibility index (Phi) is 5.51. The summed E-state index contributed by atoms with van der Waals surface area (Å²) in [4.78, 5) is 13.8. The number of benzene rings is 2. The fraction of sp³-hybridized carbons (Fsp3) is 0.278. The van der Waals surface area contributed by atoms with Crippen LogP contribution in [0.4, 0.5) is 36.8 Å². The molecule has 10 heteroatoms. The van der Waals surface area contributed by atoms with Crippen molar-refractivity contribution in [2.24, 2.45) is 0 Å².